The molecular weight excluding hydrogens is 250 g/mol. The smallest absolute Gasteiger partial charge is 0.174 e. The topological polar surface area (TPSA) is 51.8 Å². The molecule has 3 nitrogen and oxygen atoms in total. The molecule has 5 heteroatoms. The third-order valence-corrected chi connectivity index (χ3v) is 4.23. The number of rotatable bonds is 4. The van der Waals surface area contributed by atoms with Crippen LogP contribution in [0.2, 0.25) is 0 Å². The van der Waals surface area contributed by atoms with Gasteiger partial charge >= 0.3 is 0 Å². The third kappa shape index (κ3) is 3.52. The Morgan fingerprint density at radius 3 is 2.88 bits per heavy atom. The first-order valence-electron chi connectivity index (χ1n) is 5.45. The molecule has 0 amide bonds. The lowest BCUT2D eigenvalue weighted by molar-refractivity contribution is 0.737. The molecule has 0 saturated heterocycles. The Hall–Kier alpha value is -0.910. The number of hydrogen-bond acceptors (Lipinski definition) is 5. The molecule has 1 aromatic heterocycles. The van der Waals surface area contributed by atoms with E-state index in [9.17, 15) is 0 Å². The van der Waals surface area contributed by atoms with E-state index >= 15 is 0 Å². The van der Waals surface area contributed by atoms with E-state index < -0.39 is 0 Å². The summed E-state index contributed by atoms with van der Waals surface area (Å²) in [6, 6.07) is 6.68. The molecule has 2 aromatic rings. The molecule has 1 heterocycles. The average molecular weight is 265 g/mol. The monoisotopic (exact) mass is 265 g/mol. The zero-order chi connectivity index (χ0) is 12.3. The van der Waals surface area contributed by atoms with Gasteiger partial charge in [-0.05, 0) is 49.0 Å². The predicted molar refractivity (Wildman–Crippen MR) is 72.6 cm³/mol. The maximum Gasteiger partial charge on any atom is 0.174 e. The maximum atomic E-state index is 5.80. The molecule has 0 saturated carbocycles. The number of aromatic nitrogens is 2. The van der Waals surface area contributed by atoms with E-state index in [-0.39, 0.29) is 6.04 Å². The van der Waals surface area contributed by atoms with E-state index in [0.29, 0.717) is 0 Å². The van der Waals surface area contributed by atoms with Gasteiger partial charge in [0.2, 0.25) is 0 Å². The summed E-state index contributed by atoms with van der Waals surface area (Å²) in [5.41, 5.74) is 8.36. The first-order chi connectivity index (χ1) is 8.15. The second kappa shape index (κ2) is 5.62. The Bertz CT molecular complexity index is 481. The van der Waals surface area contributed by atoms with Gasteiger partial charge in [-0.2, -0.15) is 4.37 Å². The molecule has 1 aromatic carbocycles. The number of nitrogens with zero attached hydrogens (tertiary/aromatic N) is 2. The fourth-order valence-electron chi connectivity index (χ4n) is 1.63. The van der Waals surface area contributed by atoms with Crippen molar-refractivity contribution in [1.82, 2.24) is 9.36 Å². The fourth-order valence-corrected chi connectivity index (χ4v) is 3.10. The highest BCUT2D eigenvalue weighted by molar-refractivity contribution is 8.01. The summed E-state index contributed by atoms with van der Waals surface area (Å²) in [5, 5.41) is 0. The molecule has 0 fully saturated rings. The van der Waals surface area contributed by atoms with E-state index in [1.165, 1.54) is 27.6 Å². The van der Waals surface area contributed by atoms with Gasteiger partial charge in [0.15, 0.2) is 4.34 Å². The quantitative estimate of drug-likeness (QED) is 0.923. The molecule has 17 heavy (non-hydrogen) atoms. The molecule has 0 aliphatic heterocycles. The second-order valence-electron chi connectivity index (χ2n) is 4.09. The van der Waals surface area contributed by atoms with Crippen molar-refractivity contribution in [2.75, 3.05) is 0 Å². The van der Waals surface area contributed by atoms with Gasteiger partial charge in [-0.25, -0.2) is 4.98 Å². The Morgan fingerprint density at radius 1 is 1.47 bits per heavy atom. The average Bonchev–Trinajstić information content (AvgIpc) is 2.74. The molecular formula is C12H15N3S2. The van der Waals surface area contributed by atoms with E-state index in [0.717, 1.165) is 10.8 Å². The predicted octanol–water partition coefficient (Wildman–Crippen LogP) is 2.89. The van der Waals surface area contributed by atoms with Crippen LogP contribution in [0, 0.1) is 6.92 Å². The summed E-state index contributed by atoms with van der Waals surface area (Å²) in [5.74, 6) is 0. The largest absolute Gasteiger partial charge is 0.328 e. The first kappa shape index (κ1) is 12.5. The molecule has 0 aliphatic rings. The number of nitrogens with two attached hydrogens (primary N) is 1. The van der Waals surface area contributed by atoms with Crippen molar-refractivity contribution in [2.45, 2.75) is 35.5 Å². The summed E-state index contributed by atoms with van der Waals surface area (Å²) >= 11 is 3.09. The van der Waals surface area contributed by atoms with Crippen molar-refractivity contribution in [2.24, 2.45) is 5.73 Å². The summed E-state index contributed by atoms with van der Waals surface area (Å²) in [7, 11) is 0. The summed E-state index contributed by atoms with van der Waals surface area (Å²) in [4.78, 5) is 5.41. The lowest BCUT2D eigenvalue weighted by atomic mass is 10.1. The minimum atomic E-state index is 0.205. The molecule has 2 N–H and O–H groups in total. The van der Waals surface area contributed by atoms with Crippen LogP contribution in [0.1, 0.15) is 18.1 Å². The van der Waals surface area contributed by atoms with Crippen molar-refractivity contribution in [3.05, 3.63) is 35.7 Å². The van der Waals surface area contributed by atoms with Crippen LogP contribution in [-0.2, 0) is 6.42 Å². The van der Waals surface area contributed by atoms with Crippen LogP contribution >= 0.6 is 23.3 Å². The molecule has 0 aliphatic carbocycles. The Balaban J connectivity index is 2.14. The second-order valence-corrected chi connectivity index (χ2v) is 6.16. The van der Waals surface area contributed by atoms with Gasteiger partial charge in [-0.15, -0.1) is 0 Å². The zero-order valence-corrected chi connectivity index (χ0v) is 11.5. The van der Waals surface area contributed by atoms with Gasteiger partial charge in [0, 0.05) is 10.9 Å². The Morgan fingerprint density at radius 2 is 2.29 bits per heavy atom. The molecule has 0 spiro atoms. The van der Waals surface area contributed by atoms with Crippen molar-refractivity contribution in [3.8, 4) is 0 Å². The molecule has 90 valence electrons. The minimum Gasteiger partial charge on any atom is -0.328 e. The molecule has 2 rings (SSSR count). The minimum absolute atomic E-state index is 0.205. The van der Waals surface area contributed by atoms with Crippen molar-refractivity contribution >= 4 is 23.3 Å². The van der Waals surface area contributed by atoms with Gasteiger partial charge in [-0.3, -0.25) is 0 Å². The van der Waals surface area contributed by atoms with Gasteiger partial charge in [0.1, 0.15) is 6.33 Å². The van der Waals surface area contributed by atoms with E-state index in [2.05, 4.69) is 34.5 Å². The Labute approximate surface area is 110 Å². The standard InChI is InChI=1S/C12H15N3S2/c1-8-5-10(6-9(2)13)3-4-11(8)16-12-14-7-15-17-12/h3-5,7,9H,6,13H2,1-2H3. The van der Waals surface area contributed by atoms with Crippen LogP contribution in [0.15, 0.2) is 33.8 Å². The lowest BCUT2D eigenvalue weighted by Gasteiger charge is -2.08. The summed E-state index contributed by atoms with van der Waals surface area (Å²) in [6.07, 6.45) is 2.51. The van der Waals surface area contributed by atoms with Gasteiger partial charge < -0.3 is 5.73 Å². The number of aryl methyl sites for hydroxylation is 1. The molecule has 1 unspecified atom stereocenters. The fraction of sp³-hybridized carbons (Fsp3) is 0.333. The Kier molecular flexibility index (Phi) is 4.15. The molecule has 0 bridgehead atoms. The van der Waals surface area contributed by atoms with Crippen LogP contribution in [0.4, 0.5) is 0 Å². The van der Waals surface area contributed by atoms with Crippen LogP contribution in [0.5, 0.6) is 0 Å². The van der Waals surface area contributed by atoms with Gasteiger partial charge in [-0.1, -0.05) is 23.9 Å². The highest BCUT2D eigenvalue weighted by Gasteiger charge is 2.06. The van der Waals surface area contributed by atoms with E-state index in [4.69, 9.17) is 5.73 Å². The van der Waals surface area contributed by atoms with Crippen LogP contribution in [-0.4, -0.2) is 15.4 Å². The van der Waals surface area contributed by atoms with Crippen LogP contribution in [0.25, 0.3) is 0 Å². The number of benzene rings is 1. The SMILES string of the molecule is Cc1cc(CC(C)N)ccc1Sc1ncns1. The molecule has 1 atom stereocenters. The lowest BCUT2D eigenvalue weighted by Crippen LogP contribution is -2.17. The van der Waals surface area contributed by atoms with Gasteiger partial charge in [0.25, 0.3) is 0 Å². The normalized spacial score (nSPS) is 12.6. The highest BCUT2D eigenvalue weighted by Crippen LogP contribution is 2.31. The van der Waals surface area contributed by atoms with Crippen molar-refractivity contribution < 1.29 is 0 Å². The zero-order valence-electron chi connectivity index (χ0n) is 9.88. The van der Waals surface area contributed by atoms with Crippen LogP contribution in [0.3, 0.4) is 0 Å². The van der Waals surface area contributed by atoms with E-state index in [1.54, 1.807) is 18.1 Å². The van der Waals surface area contributed by atoms with Crippen molar-refractivity contribution in [1.29, 1.82) is 0 Å². The highest BCUT2D eigenvalue weighted by atomic mass is 32.2. The first-order valence-corrected chi connectivity index (χ1v) is 7.04. The van der Waals surface area contributed by atoms with Crippen LogP contribution < -0.4 is 5.73 Å². The maximum absolute atomic E-state index is 5.80. The van der Waals surface area contributed by atoms with Gasteiger partial charge in [0.05, 0.1) is 0 Å². The van der Waals surface area contributed by atoms with E-state index in [1.807, 2.05) is 6.92 Å². The number of hydrogen-bond donors (Lipinski definition) is 1. The summed E-state index contributed by atoms with van der Waals surface area (Å²) < 4.78 is 4.98. The third-order valence-electron chi connectivity index (χ3n) is 2.34. The summed E-state index contributed by atoms with van der Waals surface area (Å²) in [6.45, 7) is 4.15. The molecule has 0 radical (unpaired) electrons. The van der Waals surface area contributed by atoms with Crippen molar-refractivity contribution in [3.63, 3.8) is 0 Å².